The van der Waals surface area contributed by atoms with Crippen LogP contribution in [0.1, 0.15) is 6.92 Å². The van der Waals surface area contributed by atoms with Crippen LogP contribution in [0.4, 0.5) is 0 Å². The zero-order chi connectivity index (χ0) is 18.2. The van der Waals surface area contributed by atoms with Crippen LogP contribution in [0.3, 0.4) is 0 Å². The van der Waals surface area contributed by atoms with Gasteiger partial charge in [0.05, 0.1) is 10.9 Å². The van der Waals surface area contributed by atoms with E-state index in [-0.39, 0.29) is 10.9 Å². The maximum absolute atomic E-state index is 2.27. The standard InChI is InChI=1S/C23H20IS2/c1-2-19(17-18-24)25-20-13-15-23(16-14-20)26(21-9-5-3-6-10-21)22-11-7-4-8-12-22/h2-18H,1H3/q+1/b18-17-,19-2+. The Morgan fingerprint density at radius 3 is 1.73 bits per heavy atom. The molecule has 3 heteroatoms. The third kappa shape index (κ3) is 5.06. The molecule has 0 spiro atoms. The first kappa shape index (κ1) is 19.3. The summed E-state index contributed by atoms with van der Waals surface area (Å²) in [4.78, 5) is 6.57. The van der Waals surface area contributed by atoms with E-state index in [2.05, 4.69) is 131 Å². The molecule has 0 atom stereocenters. The second-order valence-corrected chi connectivity index (χ2v) is 9.38. The topological polar surface area (TPSA) is 0 Å². The summed E-state index contributed by atoms with van der Waals surface area (Å²) in [5, 5.41) is 0. The predicted octanol–water partition coefficient (Wildman–Crippen LogP) is 7.73. The molecule has 0 unspecified atom stereocenters. The minimum absolute atomic E-state index is 0.0798. The Balaban J connectivity index is 1.93. The van der Waals surface area contributed by atoms with Gasteiger partial charge < -0.3 is 0 Å². The molecule has 0 bridgehead atoms. The lowest BCUT2D eigenvalue weighted by Crippen LogP contribution is -2.04. The SMILES string of the molecule is C/C=C(\C=C/I)Sc1ccc([S+](c2ccccc2)c2ccccc2)cc1. The van der Waals surface area contributed by atoms with E-state index in [1.54, 1.807) is 11.8 Å². The van der Waals surface area contributed by atoms with Crippen LogP contribution in [0.15, 0.2) is 126 Å². The van der Waals surface area contributed by atoms with Crippen molar-refractivity contribution in [2.75, 3.05) is 0 Å². The van der Waals surface area contributed by atoms with Crippen molar-refractivity contribution in [1.29, 1.82) is 0 Å². The fourth-order valence-corrected chi connectivity index (χ4v) is 6.07. The van der Waals surface area contributed by atoms with Gasteiger partial charge in [0, 0.05) is 9.80 Å². The van der Waals surface area contributed by atoms with Gasteiger partial charge in [-0.2, -0.15) is 0 Å². The number of benzene rings is 3. The second-order valence-electron chi connectivity index (χ2n) is 5.49. The highest BCUT2D eigenvalue weighted by Crippen LogP contribution is 2.33. The summed E-state index contributed by atoms with van der Waals surface area (Å²) in [5.74, 6) is 0. The maximum atomic E-state index is 2.27. The predicted molar refractivity (Wildman–Crippen MR) is 124 cm³/mol. The summed E-state index contributed by atoms with van der Waals surface area (Å²) in [7, 11) is -0.0798. The molecule has 3 rings (SSSR count). The van der Waals surface area contributed by atoms with Crippen LogP contribution < -0.4 is 0 Å². The van der Waals surface area contributed by atoms with Crippen molar-refractivity contribution in [3.63, 3.8) is 0 Å². The Morgan fingerprint density at radius 1 is 0.769 bits per heavy atom. The molecule has 0 fully saturated rings. The number of allylic oxidation sites excluding steroid dienone is 2. The van der Waals surface area contributed by atoms with Gasteiger partial charge in [0.25, 0.3) is 0 Å². The molecule has 0 amide bonds. The Morgan fingerprint density at radius 2 is 1.27 bits per heavy atom. The largest absolute Gasteiger partial charge is 0.166 e. The van der Waals surface area contributed by atoms with Gasteiger partial charge in [-0.3, -0.25) is 0 Å². The summed E-state index contributed by atoms with van der Waals surface area (Å²) >= 11 is 4.06. The summed E-state index contributed by atoms with van der Waals surface area (Å²) in [6, 6.07) is 30.5. The average Bonchev–Trinajstić information content (AvgIpc) is 2.71. The molecule has 3 aromatic rings. The molecular formula is C23H20IS2+. The van der Waals surface area contributed by atoms with Crippen LogP contribution in [0.25, 0.3) is 0 Å². The van der Waals surface area contributed by atoms with Gasteiger partial charge in [0.2, 0.25) is 0 Å². The fraction of sp³-hybridized carbons (Fsp3) is 0.0435. The molecule has 0 N–H and O–H groups in total. The monoisotopic (exact) mass is 487 g/mol. The molecule has 0 aliphatic rings. The van der Waals surface area contributed by atoms with E-state index in [0.717, 1.165) is 0 Å². The molecule has 0 saturated carbocycles. The molecule has 26 heavy (non-hydrogen) atoms. The number of halogens is 1. The van der Waals surface area contributed by atoms with E-state index in [1.807, 2.05) is 0 Å². The van der Waals surface area contributed by atoms with Crippen LogP contribution in [0.5, 0.6) is 0 Å². The van der Waals surface area contributed by atoms with Gasteiger partial charge in [-0.15, -0.1) is 0 Å². The Labute approximate surface area is 176 Å². The van der Waals surface area contributed by atoms with E-state index >= 15 is 0 Å². The first-order chi connectivity index (χ1) is 12.8. The lowest BCUT2D eigenvalue weighted by molar-refractivity contribution is 1.29. The molecule has 130 valence electrons. The number of hydrogen-bond acceptors (Lipinski definition) is 1. The van der Waals surface area contributed by atoms with Crippen molar-refractivity contribution in [3.8, 4) is 0 Å². The van der Waals surface area contributed by atoms with Crippen molar-refractivity contribution in [2.45, 2.75) is 26.5 Å². The van der Waals surface area contributed by atoms with E-state index < -0.39 is 0 Å². The Hall–Kier alpha value is -1.43. The van der Waals surface area contributed by atoms with Gasteiger partial charge >= 0.3 is 0 Å². The quantitative estimate of drug-likeness (QED) is 0.148. The average molecular weight is 487 g/mol. The fourth-order valence-electron chi connectivity index (χ4n) is 2.55. The van der Waals surface area contributed by atoms with E-state index in [4.69, 9.17) is 0 Å². The molecule has 0 radical (unpaired) electrons. The second kappa shape index (κ2) is 10.0. The summed E-state index contributed by atoms with van der Waals surface area (Å²) in [6.07, 6.45) is 4.28. The Kier molecular flexibility index (Phi) is 7.47. The first-order valence-electron chi connectivity index (χ1n) is 8.37. The van der Waals surface area contributed by atoms with Crippen LogP contribution >= 0.6 is 34.4 Å². The lowest BCUT2D eigenvalue weighted by atomic mass is 10.4. The minimum atomic E-state index is -0.0798. The molecule has 0 aromatic heterocycles. The molecule has 3 aromatic carbocycles. The van der Waals surface area contributed by atoms with Crippen molar-refractivity contribution in [3.05, 3.63) is 106 Å². The highest BCUT2D eigenvalue weighted by molar-refractivity contribution is 14.1. The van der Waals surface area contributed by atoms with Gasteiger partial charge in [-0.1, -0.05) is 76.8 Å². The maximum Gasteiger partial charge on any atom is 0.166 e. The van der Waals surface area contributed by atoms with Gasteiger partial charge in [0.1, 0.15) is 0 Å². The summed E-state index contributed by atoms with van der Waals surface area (Å²) < 4.78 is 2.05. The highest BCUT2D eigenvalue weighted by atomic mass is 127. The van der Waals surface area contributed by atoms with Crippen molar-refractivity contribution in [1.82, 2.24) is 0 Å². The van der Waals surface area contributed by atoms with E-state index in [1.165, 1.54) is 24.5 Å². The molecule has 0 nitrogen and oxygen atoms in total. The molecular weight excluding hydrogens is 467 g/mol. The summed E-state index contributed by atoms with van der Waals surface area (Å²) in [5.41, 5.74) is 0. The van der Waals surface area contributed by atoms with Gasteiger partial charge in [-0.05, 0) is 65.6 Å². The Bertz CT molecular complexity index is 830. The van der Waals surface area contributed by atoms with Crippen molar-refractivity contribution >= 4 is 45.2 Å². The van der Waals surface area contributed by atoms with Crippen LogP contribution in [0.2, 0.25) is 0 Å². The third-order valence-corrected chi connectivity index (χ3v) is 7.47. The first-order valence-corrected chi connectivity index (χ1v) is 11.7. The van der Waals surface area contributed by atoms with Gasteiger partial charge in [-0.25, -0.2) is 0 Å². The number of rotatable bonds is 6. The molecule has 0 aliphatic heterocycles. The van der Waals surface area contributed by atoms with Crippen LogP contribution in [0, 0.1) is 0 Å². The highest BCUT2D eigenvalue weighted by Gasteiger charge is 2.27. The molecule has 0 aliphatic carbocycles. The smallest absolute Gasteiger partial charge is 0.0904 e. The normalized spacial score (nSPS) is 12.0. The van der Waals surface area contributed by atoms with E-state index in [9.17, 15) is 0 Å². The third-order valence-electron chi connectivity index (χ3n) is 3.76. The van der Waals surface area contributed by atoms with Crippen molar-refractivity contribution in [2.24, 2.45) is 0 Å². The van der Waals surface area contributed by atoms with E-state index in [0.29, 0.717) is 0 Å². The summed E-state index contributed by atoms with van der Waals surface area (Å²) in [6.45, 7) is 2.08. The lowest BCUT2D eigenvalue weighted by Gasteiger charge is -2.09. The number of thioether (sulfide) groups is 1. The van der Waals surface area contributed by atoms with Crippen LogP contribution in [-0.2, 0) is 10.9 Å². The van der Waals surface area contributed by atoms with Crippen molar-refractivity contribution < 1.29 is 0 Å². The van der Waals surface area contributed by atoms with Crippen LogP contribution in [-0.4, -0.2) is 0 Å². The minimum Gasteiger partial charge on any atom is -0.0904 e. The zero-order valence-corrected chi connectivity index (χ0v) is 18.3. The molecule has 0 heterocycles. The number of hydrogen-bond donors (Lipinski definition) is 0. The zero-order valence-electron chi connectivity index (χ0n) is 14.5. The molecule has 0 saturated heterocycles. The van der Waals surface area contributed by atoms with Gasteiger partial charge in [0.15, 0.2) is 14.7 Å².